The van der Waals surface area contributed by atoms with Crippen molar-refractivity contribution in [1.29, 1.82) is 0 Å². The average molecular weight is 784 g/mol. The fraction of sp³-hybridized carbons (Fsp3) is 0.0847. The maximum Gasteiger partial charge on any atom is 0.127 e. The van der Waals surface area contributed by atoms with Gasteiger partial charge in [-0.2, -0.15) is 0 Å². The van der Waals surface area contributed by atoms with Gasteiger partial charge in [-0.15, -0.1) is 0 Å². The van der Waals surface area contributed by atoms with Crippen LogP contribution in [0.2, 0.25) is 0 Å². The molecule has 292 valence electrons. The summed E-state index contributed by atoms with van der Waals surface area (Å²) in [7, 11) is 0. The second-order valence-corrected chi connectivity index (χ2v) is 16.8. The van der Waals surface area contributed by atoms with Crippen molar-refractivity contribution in [2.45, 2.75) is 31.6 Å². The number of hydrogen-bond acceptors (Lipinski definition) is 2. The lowest BCUT2D eigenvalue weighted by molar-refractivity contribution is 0.481. The van der Waals surface area contributed by atoms with Crippen LogP contribution in [0.3, 0.4) is 0 Å². The Hall–Kier alpha value is -7.42. The number of nitrogens with zero attached hydrogens (tertiary/aromatic N) is 1. The summed E-state index contributed by atoms with van der Waals surface area (Å²) in [5.41, 5.74) is 20.2. The van der Waals surface area contributed by atoms with E-state index in [0.29, 0.717) is 0 Å². The molecule has 0 aliphatic heterocycles. The number of ether oxygens (including phenoxy) is 1. The lowest BCUT2D eigenvalue weighted by Gasteiger charge is -2.32. The highest BCUT2D eigenvalue weighted by Crippen LogP contribution is 2.65. The van der Waals surface area contributed by atoms with Crippen LogP contribution in [0.4, 0.5) is 17.1 Å². The van der Waals surface area contributed by atoms with Crippen LogP contribution in [0, 0.1) is 0 Å². The molecule has 0 amide bonds. The molecule has 1 atom stereocenters. The fourth-order valence-electron chi connectivity index (χ4n) is 10.6. The Kier molecular flexibility index (Phi) is 8.47. The molecule has 0 saturated carbocycles. The minimum absolute atomic E-state index is 0.153. The van der Waals surface area contributed by atoms with Gasteiger partial charge in [0.05, 0.1) is 11.1 Å². The summed E-state index contributed by atoms with van der Waals surface area (Å²) in [6.45, 7) is 10.9. The van der Waals surface area contributed by atoms with Crippen molar-refractivity contribution >= 4 is 22.6 Å². The molecule has 3 aliphatic rings. The second-order valence-electron chi connectivity index (χ2n) is 16.8. The molecule has 0 aromatic heterocycles. The van der Waals surface area contributed by atoms with Crippen molar-refractivity contribution in [3.05, 3.63) is 252 Å². The van der Waals surface area contributed by atoms with Gasteiger partial charge < -0.3 is 9.64 Å². The van der Waals surface area contributed by atoms with Gasteiger partial charge in [0, 0.05) is 22.4 Å². The van der Waals surface area contributed by atoms with Crippen LogP contribution in [0.5, 0.6) is 11.5 Å². The molecule has 3 aliphatic carbocycles. The summed E-state index contributed by atoms with van der Waals surface area (Å²) < 4.78 is 6.57. The molecule has 61 heavy (non-hydrogen) atoms. The lowest BCUT2D eigenvalue weighted by Crippen LogP contribution is -2.26. The molecule has 0 N–H and O–H groups in total. The average Bonchev–Trinajstić information content (AvgIpc) is 3.86. The van der Waals surface area contributed by atoms with Gasteiger partial charge in [-0.05, 0) is 134 Å². The Bertz CT molecular complexity index is 3110. The highest BCUT2D eigenvalue weighted by atomic mass is 16.5. The van der Waals surface area contributed by atoms with Crippen LogP contribution in [0.1, 0.15) is 59.7 Å². The maximum atomic E-state index is 6.57. The van der Waals surface area contributed by atoms with Gasteiger partial charge in [-0.3, -0.25) is 0 Å². The van der Waals surface area contributed by atoms with Crippen LogP contribution in [0.25, 0.3) is 39.0 Å². The Morgan fingerprint density at radius 3 is 1.84 bits per heavy atom. The molecule has 1 spiro atoms. The van der Waals surface area contributed by atoms with Gasteiger partial charge in [0.15, 0.2) is 0 Å². The normalized spacial score (nSPS) is 16.1. The zero-order valence-corrected chi connectivity index (χ0v) is 34.7. The van der Waals surface area contributed by atoms with Gasteiger partial charge in [0.25, 0.3) is 0 Å². The molecule has 0 heterocycles. The predicted molar refractivity (Wildman–Crippen MR) is 254 cm³/mol. The van der Waals surface area contributed by atoms with Gasteiger partial charge in [0.2, 0.25) is 0 Å². The van der Waals surface area contributed by atoms with Crippen LogP contribution < -0.4 is 9.64 Å². The van der Waals surface area contributed by atoms with Gasteiger partial charge in [0.1, 0.15) is 11.5 Å². The monoisotopic (exact) mass is 783 g/mol. The highest BCUT2D eigenvalue weighted by molar-refractivity contribution is 6.01. The molecule has 0 radical (unpaired) electrons. The van der Waals surface area contributed by atoms with E-state index in [1.165, 1.54) is 66.8 Å². The van der Waals surface area contributed by atoms with E-state index in [0.717, 1.165) is 39.7 Å². The molecular formula is C59H45NO. The van der Waals surface area contributed by atoms with Gasteiger partial charge in [-0.25, -0.2) is 0 Å². The summed E-state index contributed by atoms with van der Waals surface area (Å²) in [5.74, 6) is 1.64. The highest BCUT2D eigenvalue weighted by Gasteiger charge is 2.52. The first-order valence-corrected chi connectivity index (χ1v) is 21.2. The SMILES string of the molecule is C=C/C(=C\C=C/C)c1ccc(N(c2ccc3c(c2)C(C)(C)c2ccccc2-3)c2cccc3c2-c2ccccc2C32c3ccccc3-c3ccc(Oc4ccccc4)cc32)cc1. The van der Waals surface area contributed by atoms with E-state index in [9.17, 15) is 0 Å². The zero-order chi connectivity index (χ0) is 41.3. The van der Waals surface area contributed by atoms with Gasteiger partial charge >= 0.3 is 0 Å². The van der Waals surface area contributed by atoms with Crippen LogP contribution >= 0.6 is 0 Å². The van der Waals surface area contributed by atoms with Crippen molar-refractivity contribution in [2.75, 3.05) is 4.90 Å². The van der Waals surface area contributed by atoms with Crippen molar-refractivity contribution in [2.24, 2.45) is 0 Å². The van der Waals surface area contributed by atoms with Crippen molar-refractivity contribution in [1.82, 2.24) is 0 Å². The lowest BCUT2D eigenvalue weighted by atomic mass is 9.70. The van der Waals surface area contributed by atoms with Crippen LogP contribution in [-0.4, -0.2) is 0 Å². The van der Waals surface area contributed by atoms with E-state index in [-0.39, 0.29) is 5.41 Å². The third-order valence-corrected chi connectivity index (χ3v) is 13.3. The summed E-state index contributed by atoms with van der Waals surface area (Å²) in [6, 6.07) is 66.7. The molecule has 0 saturated heterocycles. The molecule has 2 nitrogen and oxygen atoms in total. The number of hydrogen-bond donors (Lipinski definition) is 0. The minimum atomic E-state index is -0.558. The third-order valence-electron chi connectivity index (χ3n) is 13.3. The topological polar surface area (TPSA) is 12.5 Å². The summed E-state index contributed by atoms with van der Waals surface area (Å²) >= 11 is 0. The Labute approximate surface area is 359 Å². The molecular weight excluding hydrogens is 739 g/mol. The van der Waals surface area contributed by atoms with Crippen molar-refractivity contribution < 1.29 is 4.74 Å². The number of rotatable bonds is 8. The number of anilines is 3. The first-order chi connectivity index (χ1) is 29.9. The molecule has 11 rings (SSSR count). The van der Waals surface area contributed by atoms with E-state index in [4.69, 9.17) is 4.74 Å². The van der Waals surface area contributed by atoms with Crippen LogP contribution in [0.15, 0.2) is 213 Å². The Morgan fingerprint density at radius 1 is 0.508 bits per heavy atom. The first-order valence-electron chi connectivity index (χ1n) is 21.2. The maximum absolute atomic E-state index is 6.57. The van der Waals surface area contributed by atoms with E-state index in [1.807, 2.05) is 49.4 Å². The number of para-hydroxylation sites is 1. The van der Waals surface area contributed by atoms with Crippen molar-refractivity contribution in [3.63, 3.8) is 0 Å². The first kappa shape index (κ1) is 36.6. The largest absolute Gasteiger partial charge is 0.457 e. The number of benzene rings is 8. The summed E-state index contributed by atoms with van der Waals surface area (Å²) in [6.07, 6.45) is 8.17. The fourth-order valence-corrected chi connectivity index (χ4v) is 10.6. The number of fused-ring (bicyclic) bond motifs is 13. The van der Waals surface area contributed by atoms with E-state index in [1.54, 1.807) is 0 Å². The summed E-state index contributed by atoms with van der Waals surface area (Å²) in [5, 5.41) is 0. The molecule has 0 bridgehead atoms. The van der Waals surface area contributed by atoms with Crippen molar-refractivity contribution in [3.8, 4) is 44.9 Å². The molecule has 8 aromatic carbocycles. The third kappa shape index (κ3) is 5.42. The number of allylic oxidation sites excluding steroid dienone is 5. The molecule has 2 heteroatoms. The van der Waals surface area contributed by atoms with E-state index < -0.39 is 5.41 Å². The standard InChI is InChI=1S/C59H45NO/c1-5-7-18-39(6-2)40-29-31-41(32-30-40)60(42-33-35-47-45-21-11-14-24-50(45)58(3,4)54(47)37-42)56-28-17-27-53-57(56)49-23-13-16-26-52(49)59(53)51-25-15-12-22-46(51)48-36-34-44(38-55(48)59)61-43-19-9-8-10-20-43/h5-38H,2H2,1,3-4H3/b7-5-,39-18+. The summed E-state index contributed by atoms with van der Waals surface area (Å²) in [4.78, 5) is 2.48. The molecule has 1 unspecified atom stereocenters. The van der Waals surface area contributed by atoms with Crippen LogP contribution in [-0.2, 0) is 10.8 Å². The Morgan fingerprint density at radius 2 is 1.10 bits per heavy atom. The van der Waals surface area contributed by atoms with E-state index in [2.05, 4.69) is 189 Å². The quantitative estimate of drug-likeness (QED) is 0.142. The van der Waals surface area contributed by atoms with E-state index >= 15 is 0 Å². The zero-order valence-electron chi connectivity index (χ0n) is 34.7. The Balaban J connectivity index is 1.16. The minimum Gasteiger partial charge on any atom is -0.457 e. The molecule has 8 aromatic rings. The van der Waals surface area contributed by atoms with Gasteiger partial charge in [-0.1, -0.05) is 172 Å². The smallest absolute Gasteiger partial charge is 0.127 e. The molecule has 0 fully saturated rings. The second kappa shape index (κ2) is 14.1. The predicted octanol–water partition coefficient (Wildman–Crippen LogP) is 15.7.